The van der Waals surface area contributed by atoms with Gasteiger partial charge in [-0.15, -0.1) is 0 Å². The first-order valence-electron chi connectivity index (χ1n) is 11.4. The normalized spacial score (nSPS) is 11.5. The second-order valence-corrected chi connectivity index (χ2v) is 9.76. The van der Waals surface area contributed by atoms with Gasteiger partial charge in [-0.2, -0.15) is 13.2 Å². The molecule has 0 aliphatic rings. The predicted molar refractivity (Wildman–Crippen MR) is 135 cm³/mol. The molecule has 0 saturated carbocycles. The first kappa shape index (κ1) is 28.6. The van der Waals surface area contributed by atoms with E-state index in [2.05, 4.69) is 5.32 Å². The van der Waals surface area contributed by atoms with E-state index in [-0.39, 0.29) is 28.6 Å². The van der Waals surface area contributed by atoms with Crippen LogP contribution in [-0.2, 0) is 27.5 Å². The van der Waals surface area contributed by atoms with Crippen LogP contribution in [0.3, 0.4) is 0 Å². The minimum Gasteiger partial charge on any atom is -0.494 e. The molecule has 0 aliphatic heterocycles. The zero-order valence-corrected chi connectivity index (χ0v) is 21.7. The Morgan fingerprint density at radius 1 is 0.921 bits per heavy atom. The number of rotatable bonds is 11. The lowest BCUT2D eigenvalue weighted by Crippen LogP contribution is -2.40. The number of alkyl halides is 3. The van der Waals surface area contributed by atoms with Gasteiger partial charge >= 0.3 is 6.18 Å². The first-order chi connectivity index (χ1) is 18.0. The lowest BCUT2D eigenvalue weighted by Gasteiger charge is -2.25. The van der Waals surface area contributed by atoms with Crippen LogP contribution in [0.15, 0.2) is 71.6 Å². The van der Waals surface area contributed by atoms with Crippen molar-refractivity contribution in [2.75, 3.05) is 31.7 Å². The van der Waals surface area contributed by atoms with Crippen molar-refractivity contribution >= 4 is 21.6 Å². The van der Waals surface area contributed by atoms with Crippen LogP contribution in [0, 0.1) is 0 Å². The molecule has 0 spiro atoms. The van der Waals surface area contributed by atoms with Crippen LogP contribution in [0.25, 0.3) is 0 Å². The van der Waals surface area contributed by atoms with Gasteiger partial charge in [0.25, 0.3) is 10.0 Å². The highest BCUT2D eigenvalue weighted by molar-refractivity contribution is 7.92. The minimum atomic E-state index is -4.72. The molecule has 0 aromatic heterocycles. The summed E-state index contributed by atoms with van der Waals surface area (Å²) in [5.41, 5.74) is -0.746. The van der Waals surface area contributed by atoms with E-state index in [1.165, 1.54) is 38.5 Å². The number of benzene rings is 3. The Morgan fingerprint density at radius 3 is 2.29 bits per heavy atom. The van der Waals surface area contributed by atoms with E-state index in [4.69, 9.17) is 14.2 Å². The highest BCUT2D eigenvalue weighted by Crippen LogP contribution is 2.35. The summed E-state index contributed by atoms with van der Waals surface area (Å²) in [5.74, 6) is 0.151. The van der Waals surface area contributed by atoms with Crippen LogP contribution in [-0.4, -0.2) is 41.7 Å². The van der Waals surface area contributed by atoms with Crippen LogP contribution >= 0.6 is 0 Å². The topological polar surface area (TPSA) is 94.2 Å². The van der Waals surface area contributed by atoms with Gasteiger partial charge in [-0.05, 0) is 43.3 Å². The molecule has 0 unspecified atom stereocenters. The van der Waals surface area contributed by atoms with Crippen molar-refractivity contribution in [1.82, 2.24) is 5.32 Å². The number of amides is 1. The lowest BCUT2D eigenvalue weighted by atomic mass is 10.2. The number of carbonyl (C=O) groups excluding carboxylic acids is 1. The third kappa shape index (κ3) is 6.68. The van der Waals surface area contributed by atoms with E-state index in [0.29, 0.717) is 28.3 Å². The molecule has 1 amide bonds. The maximum absolute atomic E-state index is 13.7. The number of anilines is 1. The second kappa shape index (κ2) is 12.1. The molecule has 3 aromatic carbocycles. The summed E-state index contributed by atoms with van der Waals surface area (Å²) in [5, 5.41) is 2.62. The molecule has 0 aliphatic carbocycles. The Hall–Kier alpha value is -3.93. The first-order valence-corrected chi connectivity index (χ1v) is 12.8. The second-order valence-electron chi connectivity index (χ2n) is 7.89. The molecule has 204 valence electrons. The van der Waals surface area contributed by atoms with Gasteiger partial charge in [0.1, 0.15) is 12.3 Å². The molecule has 38 heavy (non-hydrogen) atoms. The van der Waals surface area contributed by atoms with Crippen molar-refractivity contribution in [2.45, 2.75) is 24.5 Å². The number of hydrogen-bond donors (Lipinski definition) is 1. The Bertz CT molecular complexity index is 1380. The third-order valence-electron chi connectivity index (χ3n) is 5.44. The number of methoxy groups -OCH3 is 2. The van der Waals surface area contributed by atoms with Crippen LogP contribution in [0.5, 0.6) is 17.2 Å². The monoisotopic (exact) mass is 552 g/mol. The molecule has 0 radical (unpaired) electrons. The zero-order valence-electron chi connectivity index (χ0n) is 20.9. The van der Waals surface area contributed by atoms with Crippen LogP contribution in [0.4, 0.5) is 18.9 Å². The van der Waals surface area contributed by atoms with E-state index >= 15 is 0 Å². The number of nitrogens with zero attached hydrogens (tertiary/aromatic N) is 1. The molecule has 3 aromatic rings. The van der Waals surface area contributed by atoms with Crippen LogP contribution in [0.2, 0.25) is 0 Å². The Morgan fingerprint density at radius 2 is 1.63 bits per heavy atom. The van der Waals surface area contributed by atoms with E-state index in [0.717, 1.165) is 12.1 Å². The number of hydrogen-bond acceptors (Lipinski definition) is 6. The third-order valence-corrected chi connectivity index (χ3v) is 7.21. The average molecular weight is 553 g/mol. The molecule has 0 fully saturated rings. The summed E-state index contributed by atoms with van der Waals surface area (Å²) < 4.78 is 84.0. The number of nitrogens with one attached hydrogen (secondary N) is 1. The Kier molecular flexibility index (Phi) is 9.10. The van der Waals surface area contributed by atoms with Gasteiger partial charge in [-0.25, -0.2) is 8.42 Å². The van der Waals surface area contributed by atoms with Gasteiger partial charge in [0.2, 0.25) is 5.91 Å². The van der Waals surface area contributed by atoms with Gasteiger partial charge in [-0.3, -0.25) is 9.10 Å². The number of carbonyl (C=O) groups is 1. The quantitative estimate of drug-likeness (QED) is 0.373. The van der Waals surface area contributed by atoms with Crippen molar-refractivity contribution in [2.24, 2.45) is 0 Å². The van der Waals surface area contributed by atoms with Crippen molar-refractivity contribution in [1.29, 1.82) is 0 Å². The molecule has 1 N–H and O–H groups in total. The highest BCUT2D eigenvalue weighted by atomic mass is 32.2. The molecular formula is C26H27F3N2O6S. The summed E-state index contributed by atoms with van der Waals surface area (Å²) in [7, 11) is -1.84. The minimum absolute atomic E-state index is 0.0157. The molecular weight excluding hydrogens is 525 g/mol. The summed E-state index contributed by atoms with van der Waals surface area (Å²) in [6, 6.07) is 14.5. The highest BCUT2D eigenvalue weighted by Gasteiger charge is 2.33. The standard InChI is InChI=1S/C26H27F3N2O6S/c1-4-37-22-11-6-5-8-18(22)16-30-25(32)17-31(20-10-7-9-19(14-20)26(27,28)29)38(33,34)21-12-13-23(35-2)24(15-21)36-3/h5-15H,4,16-17H2,1-3H3,(H,30,32). The molecule has 12 heteroatoms. The van der Waals surface area contributed by atoms with Gasteiger partial charge in [0, 0.05) is 18.2 Å². The molecule has 8 nitrogen and oxygen atoms in total. The maximum Gasteiger partial charge on any atom is 0.416 e. The molecule has 3 rings (SSSR count). The Balaban J connectivity index is 1.98. The summed E-state index contributed by atoms with van der Waals surface area (Å²) in [6.45, 7) is 1.44. The molecule has 0 saturated heterocycles. The number of para-hydroxylation sites is 1. The number of halogens is 3. The van der Waals surface area contributed by atoms with Gasteiger partial charge in [0.05, 0.1) is 37.0 Å². The fourth-order valence-corrected chi connectivity index (χ4v) is 5.01. The largest absolute Gasteiger partial charge is 0.494 e. The van der Waals surface area contributed by atoms with E-state index in [1.54, 1.807) is 31.2 Å². The lowest BCUT2D eigenvalue weighted by molar-refractivity contribution is -0.137. The summed E-state index contributed by atoms with van der Waals surface area (Å²) >= 11 is 0. The van der Waals surface area contributed by atoms with E-state index < -0.39 is 34.2 Å². The summed E-state index contributed by atoms with van der Waals surface area (Å²) in [6.07, 6.45) is -4.72. The van der Waals surface area contributed by atoms with Crippen LogP contribution in [0.1, 0.15) is 18.1 Å². The number of ether oxygens (including phenoxy) is 3. The predicted octanol–water partition coefficient (Wildman–Crippen LogP) is 4.63. The van der Waals surface area contributed by atoms with Crippen molar-refractivity contribution in [3.05, 3.63) is 77.9 Å². The summed E-state index contributed by atoms with van der Waals surface area (Å²) in [4.78, 5) is 12.6. The Labute approximate surface area is 219 Å². The van der Waals surface area contributed by atoms with Crippen molar-refractivity contribution < 1.29 is 40.6 Å². The average Bonchev–Trinajstić information content (AvgIpc) is 2.90. The molecule has 0 heterocycles. The smallest absolute Gasteiger partial charge is 0.416 e. The zero-order chi connectivity index (χ0) is 27.9. The van der Waals surface area contributed by atoms with Gasteiger partial charge < -0.3 is 19.5 Å². The van der Waals surface area contributed by atoms with Crippen molar-refractivity contribution in [3.63, 3.8) is 0 Å². The fourth-order valence-electron chi connectivity index (χ4n) is 3.58. The maximum atomic E-state index is 13.7. The van der Waals surface area contributed by atoms with E-state index in [9.17, 15) is 26.4 Å². The number of sulfonamides is 1. The van der Waals surface area contributed by atoms with E-state index in [1.807, 2.05) is 0 Å². The van der Waals surface area contributed by atoms with Crippen molar-refractivity contribution in [3.8, 4) is 17.2 Å². The van der Waals surface area contributed by atoms with Crippen LogP contribution < -0.4 is 23.8 Å². The fraction of sp³-hybridized carbons (Fsp3) is 0.269. The van der Waals surface area contributed by atoms with Gasteiger partial charge in [-0.1, -0.05) is 24.3 Å². The van der Waals surface area contributed by atoms with Gasteiger partial charge in [0.15, 0.2) is 11.5 Å². The molecule has 0 atom stereocenters. The molecule has 0 bridgehead atoms. The SMILES string of the molecule is CCOc1ccccc1CNC(=O)CN(c1cccc(C(F)(F)F)c1)S(=O)(=O)c1ccc(OC)c(OC)c1.